The van der Waals surface area contributed by atoms with E-state index in [0.29, 0.717) is 24.8 Å². The topological polar surface area (TPSA) is 77.3 Å². The summed E-state index contributed by atoms with van der Waals surface area (Å²) < 4.78 is 5.43. The molecule has 0 saturated carbocycles. The molecule has 6 heteroatoms. The van der Waals surface area contributed by atoms with Gasteiger partial charge in [-0.1, -0.05) is 19.8 Å². The number of hydrogen-bond donors (Lipinski definition) is 1. The van der Waals surface area contributed by atoms with Crippen LogP contribution >= 0.6 is 0 Å². The number of nitrogens with one attached hydrogen (secondary N) is 1. The van der Waals surface area contributed by atoms with Gasteiger partial charge in [-0.25, -0.2) is 0 Å². The lowest BCUT2D eigenvalue weighted by Gasteiger charge is -2.07. The standard InChI is InChI=1S/C12H19N3O3/c1-3-5-6-7-18-12-9-10(15(16)17)8-11(14-12)13-4-2/h8-9H,3-7H2,1-2H3,(H,13,14). The lowest BCUT2D eigenvalue weighted by molar-refractivity contribution is -0.384. The quantitative estimate of drug-likeness (QED) is 0.438. The molecule has 1 N–H and O–H groups in total. The Morgan fingerprint density at radius 2 is 2.17 bits per heavy atom. The minimum atomic E-state index is -0.443. The molecule has 1 aromatic rings. The molecule has 0 saturated heterocycles. The van der Waals surface area contributed by atoms with Crippen molar-refractivity contribution in [3.8, 4) is 5.88 Å². The first-order valence-electron chi connectivity index (χ1n) is 6.20. The molecule has 0 spiro atoms. The van der Waals surface area contributed by atoms with Crippen molar-refractivity contribution in [1.29, 1.82) is 0 Å². The van der Waals surface area contributed by atoms with E-state index in [-0.39, 0.29) is 5.69 Å². The number of unbranched alkanes of at least 4 members (excludes halogenated alkanes) is 2. The van der Waals surface area contributed by atoms with Crippen LogP contribution in [0.25, 0.3) is 0 Å². The van der Waals surface area contributed by atoms with Gasteiger partial charge < -0.3 is 10.1 Å². The van der Waals surface area contributed by atoms with Crippen molar-refractivity contribution in [2.24, 2.45) is 0 Å². The number of ether oxygens (including phenoxy) is 1. The van der Waals surface area contributed by atoms with Crippen molar-refractivity contribution >= 4 is 11.5 Å². The van der Waals surface area contributed by atoms with Crippen LogP contribution in [0.1, 0.15) is 33.1 Å². The van der Waals surface area contributed by atoms with E-state index in [4.69, 9.17) is 4.74 Å². The minimum absolute atomic E-state index is 0.00792. The Kier molecular flexibility index (Phi) is 5.90. The summed E-state index contributed by atoms with van der Waals surface area (Å²) in [4.78, 5) is 14.5. The van der Waals surface area contributed by atoms with E-state index in [2.05, 4.69) is 17.2 Å². The van der Waals surface area contributed by atoms with Crippen molar-refractivity contribution in [2.45, 2.75) is 33.1 Å². The van der Waals surface area contributed by atoms with Crippen LogP contribution in [0.4, 0.5) is 11.5 Å². The first-order chi connectivity index (χ1) is 8.67. The predicted molar refractivity (Wildman–Crippen MR) is 70.1 cm³/mol. The highest BCUT2D eigenvalue weighted by Crippen LogP contribution is 2.22. The number of pyridine rings is 1. The normalized spacial score (nSPS) is 10.1. The summed E-state index contributed by atoms with van der Waals surface area (Å²) in [5.41, 5.74) is -0.00792. The third kappa shape index (κ3) is 4.57. The Labute approximate surface area is 107 Å². The van der Waals surface area contributed by atoms with Gasteiger partial charge in [-0.05, 0) is 13.3 Å². The second kappa shape index (κ2) is 7.47. The summed E-state index contributed by atoms with van der Waals surface area (Å²) in [6.07, 6.45) is 3.11. The first kappa shape index (κ1) is 14.2. The molecule has 0 amide bonds. The zero-order chi connectivity index (χ0) is 13.4. The summed E-state index contributed by atoms with van der Waals surface area (Å²) >= 11 is 0. The van der Waals surface area contributed by atoms with E-state index in [1.165, 1.54) is 12.1 Å². The van der Waals surface area contributed by atoms with Crippen LogP contribution in [0.15, 0.2) is 12.1 Å². The Hall–Kier alpha value is -1.85. The average molecular weight is 253 g/mol. The fourth-order valence-corrected chi connectivity index (χ4v) is 1.47. The van der Waals surface area contributed by atoms with Crippen molar-refractivity contribution < 1.29 is 9.66 Å². The summed E-state index contributed by atoms with van der Waals surface area (Å²) in [5.74, 6) is 0.772. The number of aromatic nitrogens is 1. The molecule has 1 heterocycles. The Balaban J connectivity index is 2.72. The van der Waals surface area contributed by atoms with E-state index in [0.717, 1.165) is 19.3 Å². The molecule has 0 atom stereocenters. The lowest BCUT2D eigenvalue weighted by atomic mass is 10.3. The van der Waals surface area contributed by atoms with E-state index >= 15 is 0 Å². The van der Waals surface area contributed by atoms with E-state index in [1.807, 2.05) is 6.92 Å². The molecular formula is C12H19N3O3. The number of nitrogens with zero attached hydrogens (tertiary/aromatic N) is 2. The molecule has 0 fully saturated rings. The summed E-state index contributed by atoms with van der Waals surface area (Å²) in [6.45, 7) is 5.20. The van der Waals surface area contributed by atoms with E-state index in [1.54, 1.807) is 0 Å². The molecular weight excluding hydrogens is 234 g/mol. The molecule has 1 aromatic heterocycles. The average Bonchev–Trinajstić information content (AvgIpc) is 2.35. The Bertz CT molecular complexity index is 396. The number of rotatable bonds is 8. The number of anilines is 1. The zero-order valence-electron chi connectivity index (χ0n) is 10.8. The van der Waals surface area contributed by atoms with Crippen LogP contribution in [0, 0.1) is 10.1 Å². The van der Waals surface area contributed by atoms with Gasteiger partial charge in [-0.3, -0.25) is 10.1 Å². The van der Waals surface area contributed by atoms with Gasteiger partial charge in [0, 0.05) is 6.54 Å². The van der Waals surface area contributed by atoms with Gasteiger partial charge in [0.25, 0.3) is 5.69 Å². The van der Waals surface area contributed by atoms with Gasteiger partial charge in [0.2, 0.25) is 5.88 Å². The lowest BCUT2D eigenvalue weighted by Crippen LogP contribution is -2.04. The molecule has 0 aliphatic rings. The highest BCUT2D eigenvalue weighted by Gasteiger charge is 2.11. The van der Waals surface area contributed by atoms with Crippen molar-refractivity contribution in [3.63, 3.8) is 0 Å². The van der Waals surface area contributed by atoms with Crippen LogP contribution in [0.2, 0.25) is 0 Å². The second-order valence-corrected chi connectivity index (χ2v) is 3.89. The molecule has 0 aromatic carbocycles. The Morgan fingerprint density at radius 3 is 2.78 bits per heavy atom. The van der Waals surface area contributed by atoms with E-state index in [9.17, 15) is 10.1 Å². The largest absolute Gasteiger partial charge is 0.477 e. The van der Waals surface area contributed by atoms with Crippen molar-refractivity contribution in [2.75, 3.05) is 18.5 Å². The highest BCUT2D eigenvalue weighted by atomic mass is 16.6. The van der Waals surface area contributed by atoms with Gasteiger partial charge in [0.1, 0.15) is 5.82 Å². The van der Waals surface area contributed by atoms with Gasteiger partial charge in [-0.2, -0.15) is 4.98 Å². The van der Waals surface area contributed by atoms with Gasteiger partial charge in [0.05, 0.1) is 23.7 Å². The maximum atomic E-state index is 10.8. The first-order valence-corrected chi connectivity index (χ1v) is 6.20. The number of nitro groups is 1. The molecule has 18 heavy (non-hydrogen) atoms. The third-order valence-electron chi connectivity index (χ3n) is 2.35. The molecule has 0 bridgehead atoms. The van der Waals surface area contributed by atoms with Crippen LogP contribution in [0.3, 0.4) is 0 Å². The molecule has 0 unspecified atom stereocenters. The van der Waals surface area contributed by atoms with Crippen LogP contribution in [-0.4, -0.2) is 23.1 Å². The smallest absolute Gasteiger partial charge is 0.278 e. The molecule has 0 aliphatic carbocycles. The third-order valence-corrected chi connectivity index (χ3v) is 2.35. The van der Waals surface area contributed by atoms with Crippen LogP contribution in [0.5, 0.6) is 5.88 Å². The predicted octanol–water partition coefficient (Wildman–Crippen LogP) is 2.99. The van der Waals surface area contributed by atoms with Crippen molar-refractivity contribution in [3.05, 3.63) is 22.2 Å². The SMILES string of the molecule is CCCCCOc1cc([N+](=O)[O-])cc(NCC)n1. The summed E-state index contributed by atoms with van der Waals surface area (Å²) in [5, 5.41) is 13.7. The highest BCUT2D eigenvalue weighted by molar-refractivity contribution is 5.48. The second-order valence-electron chi connectivity index (χ2n) is 3.89. The number of hydrogen-bond acceptors (Lipinski definition) is 5. The molecule has 0 aliphatic heterocycles. The molecule has 0 radical (unpaired) electrons. The summed E-state index contributed by atoms with van der Waals surface area (Å²) in [7, 11) is 0. The fraction of sp³-hybridized carbons (Fsp3) is 0.583. The fourth-order valence-electron chi connectivity index (χ4n) is 1.47. The maximum absolute atomic E-state index is 10.8. The van der Waals surface area contributed by atoms with Gasteiger partial charge in [-0.15, -0.1) is 0 Å². The monoisotopic (exact) mass is 253 g/mol. The Morgan fingerprint density at radius 1 is 1.39 bits per heavy atom. The molecule has 100 valence electrons. The summed E-state index contributed by atoms with van der Waals surface area (Å²) in [6, 6.07) is 2.76. The van der Waals surface area contributed by atoms with Crippen LogP contribution in [-0.2, 0) is 0 Å². The zero-order valence-corrected chi connectivity index (χ0v) is 10.8. The van der Waals surface area contributed by atoms with E-state index < -0.39 is 4.92 Å². The van der Waals surface area contributed by atoms with Crippen LogP contribution < -0.4 is 10.1 Å². The maximum Gasteiger partial charge on any atom is 0.278 e. The minimum Gasteiger partial charge on any atom is -0.477 e. The molecule has 1 rings (SSSR count). The molecule has 6 nitrogen and oxygen atoms in total. The van der Waals surface area contributed by atoms with Gasteiger partial charge >= 0.3 is 0 Å². The van der Waals surface area contributed by atoms with Crippen molar-refractivity contribution in [1.82, 2.24) is 4.98 Å². The van der Waals surface area contributed by atoms with Gasteiger partial charge in [0.15, 0.2) is 0 Å².